The van der Waals surface area contributed by atoms with Gasteiger partial charge in [0.25, 0.3) is 6.43 Å². The molecule has 3 N–H and O–H groups in total. The predicted octanol–water partition coefficient (Wildman–Crippen LogP) is 3.42. The molecule has 102 valence electrons. The summed E-state index contributed by atoms with van der Waals surface area (Å²) in [6.07, 6.45) is -2.58. The van der Waals surface area contributed by atoms with Crippen molar-refractivity contribution in [2.45, 2.75) is 26.8 Å². The van der Waals surface area contributed by atoms with Gasteiger partial charge in [-0.15, -0.1) is 0 Å². The molecule has 0 unspecified atom stereocenters. The lowest BCUT2D eigenvalue weighted by atomic mass is 10.1. The zero-order valence-corrected chi connectivity index (χ0v) is 10.7. The van der Waals surface area contributed by atoms with Gasteiger partial charge in [-0.1, -0.05) is 0 Å². The van der Waals surface area contributed by atoms with Crippen LogP contribution in [0.25, 0.3) is 0 Å². The summed E-state index contributed by atoms with van der Waals surface area (Å²) in [7, 11) is 0. The summed E-state index contributed by atoms with van der Waals surface area (Å²) in [6, 6.07) is 4.36. The fraction of sp³-hybridized carbons (Fsp3) is 0.308. The van der Waals surface area contributed by atoms with Crippen LogP contribution in [0.3, 0.4) is 0 Å². The molecule has 0 fully saturated rings. The fourth-order valence-corrected chi connectivity index (χ4v) is 1.71. The molecule has 6 heteroatoms. The first-order chi connectivity index (χ1) is 8.97. The Bertz CT molecular complexity index is 562. The molecule has 0 aliphatic heterocycles. The van der Waals surface area contributed by atoms with Crippen LogP contribution in [0.4, 0.5) is 20.2 Å². The number of halogens is 2. The molecule has 4 nitrogen and oxygen atoms in total. The Morgan fingerprint density at radius 2 is 2.11 bits per heavy atom. The van der Waals surface area contributed by atoms with Crippen LogP contribution in [-0.2, 0) is 6.54 Å². The summed E-state index contributed by atoms with van der Waals surface area (Å²) in [4.78, 5) is 4.18. The zero-order valence-electron chi connectivity index (χ0n) is 10.7. The van der Waals surface area contributed by atoms with E-state index in [-0.39, 0.29) is 12.1 Å². The Morgan fingerprint density at radius 1 is 1.37 bits per heavy atom. The van der Waals surface area contributed by atoms with Gasteiger partial charge in [-0.05, 0) is 32.0 Å². The zero-order chi connectivity index (χ0) is 14.0. The lowest BCUT2D eigenvalue weighted by Gasteiger charge is -2.11. The summed E-state index contributed by atoms with van der Waals surface area (Å²) >= 11 is 0. The molecule has 19 heavy (non-hydrogen) atoms. The Labute approximate surface area is 109 Å². The van der Waals surface area contributed by atoms with Gasteiger partial charge < -0.3 is 15.5 Å². The second-order valence-electron chi connectivity index (χ2n) is 4.25. The van der Waals surface area contributed by atoms with Gasteiger partial charge in [-0.2, -0.15) is 0 Å². The highest BCUT2D eigenvalue weighted by molar-refractivity contribution is 5.58. The van der Waals surface area contributed by atoms with E-state index in [1.807, 2.05) is 6.92 Å². The summed E-state index contributed by atoms with van der Waals surface area (Å²) in [5.41, 5.74) is 6.81. The maximum Gasteiger partial charge on any atom is 0.265 e. The highest BCUT2D eigenvalue weighted by atomic mass is 19.3. The van der Waals surface area contributed by atoms with Crippen molar-refractivity contribution in [3.63, 3.8) is 0 Å². The van der Waals surface area contributed by atoms with Crippen molar-refractivity contribution in [2.75, 3.05) is 11.1 Å². The van der Waals surface area contributed by atoms with E-state index in [1.54, 1.807) is 13.0 Å². The Morgan fingerprint density at radius 3 is 2.68 bits per heavy atom. The molecule has 0 saturated carbocycles. The van der Waals surface area contributed by atoms with E-state index in [1.165, 1.54) is 12.1 Å². The highest BCUT2D eigenvalue weighted by Crippen LogP contribution is 2.29. The molecule has 0 spiro atoms. The minimum absolute atomic E-state index is 0.125. The van der Waals surface area contributed by atoms with Gasteiger partial charge in [0, 0.05) is 16.9 Å². The molecule has 0 atom stereocenters. The predicted molar refractivity (Wildman–Crippen MR) is 69.1 cm³/mol. The first kappa shape index (κ1) is 13.3. The number of aromatic nitrogens is 1. The third kappa shape index (κ3) is 3.01. The largest absolute Gasteiger partial charge is 0.444 e. The monoisotopic (exact) mass is 267 g/mol. The third-order valence-electron chi connectivity index (χ3n) is 2.81. The molecule has 1 aromatic carbocycles. The Kier molecular flexibility index (Phi) is 3.69. The number of nitrogens with zero attached hydrogens (tertiary/aromatic N) is 1. The number of aryl methyl sites for hydroxylation is 2. The van der Waals surface area contributed by atoms with Gasteiger partial charge >= 0.3 is 0 Å². The van der Waals surface area contributed by atoms with Gasteiger partial charge in [0.05, 0.1) is 12.2 Å². The van der Waals surface area contributed by atoms with Crippen molar-refractivity contribution in [1.82, 2.24) is 4.98 Å². The van der Waals surface area contributed by atoms with Crippen LogP contribution in [0.1, 0.15) is 29.3 Å². The second kappa shape index (κ2) is 5.26. The van der Waals surface area contributed by atoms with E-state index in [0.717, 1.165) is 11.5 Å². The lowest BCUT2D eigenvalue weighted by molar-refractivity contribution is 0.152. The number of nitrogens with one attached hydrogen (secondary N) is 1. The number of hydrogen-bond acceptors (Lipinski definition) is 4. The van der Waals surface area contributed by atoms with Crippen LogP contribution in [0.5, 0.6) is 0 Å². The molecule has 2 aromatic rings. The van der Waals surface area contributed by atoms with Gasteiger partial charge in [0.1, 0.15) is 5.76 Å². The van der Waals surface area contributed by atoms with Crippen LogP contribution in [0.2, 0.25) is 0 Å². The lowest BCUT2D eigenvalue weighted by Crippen LogP contribution is -2.04. The topological polar surface area (TPSA) is 64.1 Å². The number of nitrogens with two attached hydrogens (primary N) is 1. The normalized spacial score (nSPS) is 11.0. The summed E-state index contributed by atoms with van der Waals surface area (Å²) in [6.45, 7) is 3.88. The molecule has 1 aromatic heterocycles. The Balaban J connectivity index is 2.15. The van der Waals surface area contributed by atoms with E-state index in [9.17, 15) is 8.78 Å². The van der Waals surface area contributed by atoms with Gasteiger partial charge in [0.2, 0.25) is 5.89 Å². The molecule has 0 radical (unpaired) electrons. The van der Waals surface area contributed by atoms with Crippen LogP contribution in [0, 0.1) is 13.8 Å². The van der Waals surface area contributed by atoms with E-state index < -0.39 is 6.43 Å². The summed E-state index contributed by atoms with van der Waals surface area (Å²) in [5.74, 6) is 1.19. The average Bonchev–Trinajstić information content (AvgIpc) is 2.67. The SMILES string of the molecule is Cc1nc(CNc2ccc(N)cc2C(F)F)oc1C. The summed E-state index contributed by atoms with van der Waals surface area (Å²) in [5, 5.41) is 2.89. The standard InChI is InChI=1S/C13H15F2N3O/c1-7-8(2)19-12(18-7)6-17-11-4-3-9(16)5-10(11)13(14)15/h3-5,13,17H,6,16H2,1-2H3. The van der Waals surface area contributed by atoms with Crippen LogP contribution in [0.15, 0.2) is 22.6 Å². The molecule has 0 aliphatic rings. The maximum atomic E-state index is 12.9. The number of hydrogen-bond donors (Lipinski definition) is 2. The van der Waals surface area contributed by atoms with Crippen molar-refractivity contribution in [3.8, 4) is 0 Å². The first-order valence-corrected chi connectivity index (χ1v) is 5.81. The van der Waals surface area contributed by atoms with Gasteiger partial charge in [-0.3, -0.25) is 0 Å². The minimum atomic E-state index is -2.58. The van der Waals surface area contributed by atoms with E-state index >= 15 is 0 Å². The molecular formula is C13H15F2N3O. The van der Waals surface area contributed by atoms with E-state index in [0.29, 0.717) is 17.3 Å². The average molecular weight is 267 g/mol. The Hall–Kier alpha value is -2.11. The van der Waals surface area contributed by atoms with Crippen molar-refractivity contribution in [3.05, 3.63) is 41.1 Å². The van der Waals surface area contributed by atoms with Crippen molar-refractivity contribution < 1.29 is 13.2 Å². The molecule has 1 heterocycles. The van der Waals surface area contributed by atoms with Crippen LogP contribution in [-0.4, -0.2) is 4.98 Å². The number of nitrogen functional groups attached to an aromatic ring is 1. The highest BCUT2D eigenvalue weighted by Gasteiger charge is 2.14. The molecule has 0 amide bonds. The molecular weight excluding hydrogens is 252 g/mol. The third-order valence-corrected chi connectivity index (χ3v) is 2.81. The van der Waals surface area contributed by atoms with E-state index in [2.05, 4.69) is 10.3 Å². The van der Waals surface area contributed by atoms with E-state index in [4.69, 9.17) is 10.2 Å². The number of anilines is 2. The molecule has 0 bridgehead atoms. The van der Waals surface area contributed by atoms with Crippen LogP contribution < -0.4 is 11.1 Å². The quantitative estimate of drug-likeness (QED) is 0.833. The van der Waals surface area contributed by atoms with Crippen LogP contribution >= 0.6 is 0 Å². The van der Waals surface area contributed by atoms with Gasteiger partial charge in [0.15, 0.2) is 0 Å². The molecule has 0 saturated heterocycles. The van der Waals surface area contributed by atoms with Gasteiger partial charge in [-0.25, -0.2) is 13.8 Å². The number of rotatable bonds is 4. The second-order valence-corrected chi connectivity index (χ2v) is 4.25. The minimum Gasteiger partial charge on any atom is -0.444 e. The molecule has 0 aliphatic carbocycles. The van der Waals surface area contributed by atoms with Crippen molar-refractivity contribution in [1.29, 1.82) is 0 Å². The maximum absolute atomic E-state index is 12.9. The number of alkyl halides is 2. The summed E-state index contributed by atoms with van der Waals surface area (Å²) < 4.78 is 31.1. The fourth-order valence-electron chi connectivity index (χ4n) is 1.71. The first-order valence-electron chi connectivity index (χ1n) is 5.81. The molecule has 2 rings (SSSR count). The smallest absolute Gasteiger partial charge is 0.265 e. The number of oxazole rings is 1. The number of benzene rings is 1. The van der Waals surface area contributed by atoms with Crippen molar-refractivity contribution in [2.24, 2.45) is 0 Å². The van der Waals surface area contributed by atoms with Crippen molar-refractivity contribution >= 4 is 11.4 Å².